The van der Waals surface area contributed by atoms with Crippen molar-refractivity contribution >= 4 is 11.8 Å². The van der Waals surface area contributed by atoms with Crippen LogP contribution < -0.4 is 11.5 Å². The van der Waals surface area contributed by atoms with E-state index < -0.39 is 0 Å². The first-order chi connectivity index (χ1) is 10.0. The fourth-order valence-corrected chi connectivity index (χ4v) is 2.48. The van der Waals surface area contributed by atoms with Gasteiger partial charge in [-0.25, -0.2) is 0 Å². The highest BCUT2D eigenvalue weighted by Crippen LogP contribution is 2.14. The zero-order chi connectivity index (χ0) is 15.9. The van der Waals surface area contributed by atoms with E-state index >= 15 is 0 Å². The third kappa shape index (κ3) is 15.2. The molecule has 0 saturated heterocycles. The number of primary amides is 2. The van der Waals surface area contributed by atoms with E-state index in [1.165, 1.54) is 51.4 Å². The Balaban J connectivity index is 3.09. The molecule has 1 unspecified atom stereocenters. The Bertz CT molecular complexity index is 280. The Morgan fingerprint density at radius 2 is 1.10 bits per heavy atom. The molecule has 0 aliphatic heterocycles. The van der Waals surface area contributed by atoms with Crippen LogP contribution in [0.25, 0.3) is 0 Å². The topological polar surface area (TPSA) is 86.2 Å². The van der Waals surface area contributed by atoms with Crippen LogP contribution in [-0.2, 0) is 9.59 Å². The maximum Gasteiger partial charge on any atom is 0.220 e. The molecule has 0 aromatic rings. The van der Waals surface area contributed by atoms with E-state index in [1.807, 2.05) is 6.92 Å². The lowest BCUT2D eigenvalue weighted by atomic mass is 10.0. The van der Waals surface area contributed by atoms with Gasteiger partial charge in [0.15, 0.2) is 0 Å². The Hall–Kier alpha value is -1.06. The molecule has 0 bridgehead atoms. The first-order valence-corrected chi connectivity index (χ1v) is 8.61. The SMILES string of the molecule is CC(CCCCCCCCCCCCCC(N)=O)C(N)=O. The minimum Gasteiger partial charge on any atom is -0.370 e. The summed E-state index contributed by atoms with van der Waals surface area (Å²) in [4.78, 5) is 21.4. The van der Waals surface area contributed by atoms with Gasteiger partial charge < -0.3 is 11.5 Å². The van der Waals surface area contributed by atoms with Gasteiger partial charge in [-0.1, -0.05) is 71.1 Å². The number of hydrogen-bond acceptors (Lipinski definition) is 2. The van der Waals surface area contributed by atoms with Gasteiger partial charge >= 0.3 is 0 Å². The maximum atomic E-state index is 10.9. The van der Waals surface area contributed by atoms with Gasteiger partial charge in [0.1, 0.15) is 0 Å². The average Bonchev–Trinajstić information content (AvgIpc) is 2.43. The Kier molecular flexibility index (Phi) is 13.2. The van der Waals surface area contributed by atoms with E-state index in [-0.39, 0.29) is 17.7 Å². The number of carbonyl (C=O) groups excluding carboxylic acids is 2. The van der Waals surface area contributed by atoms with Crippen molar-refractivity contribution in [1.82, 2.24) is 0 Å². The van der Waals surface area contributed by atoms with Gasteiger partial charge in [0.05, 0.1) is 0 Å². The van der Waals surface area contributed by atoms with Crippen LogP contribution in [0.3, 0.4) is 0 Å². The first-order valence-electron chi connectivity index (χ1n) is 8.61. The molecule has 0 radical (unpaired) electrons. The van der Waals surface area contributed by atoms with Crippen molar-refractivity contribution in [3.63, 3.8) is 0 Å². The van der Waals surface area contributed by atoms with Crippen molar-refractivity contribution in [2.24, 2.45) is 17.4 Å². The molecule has 0 aliphatic carbocycles. The second-order valence-electron chi connectivity index (χ2n) is 6.20. The normalized spacial score (nSPS) is 12.2. The van der Waals surface area contributed by atoms with Gasteiger partial charge in [0, 0.05) is 12.3 Å². The van der Waals surface area contributed by atoms with Crippen molar-refractivity contribution in [3.8, 4) is 0 Å². The van der Waals surface area contributed by atoms with E-state index in [0.29, 0.717) is 6.42 Å². The Morgan fingerprint density at radius 3 is 1.48 bits per heavy atom. The van der Waals surface area contributed by atoms with E-state index in [1.54, 1.807) is 0 Å². The van der Waals surface area contributed by atoms with Gasteiger partial charge in [-0.05, 0) is 12.8 Å². The number of hydrogen-bond donors (Lipinski definition) is 2. The fraction of sp³-hybridized carbons (Fsp3) is 0.882. The largest absolute Gasteiger partial charge is 0.370 e. The molecule has 4 heteroatoms. The molecule has 0 aromatic heterocycles. The van der Waals surface area contributed by atoms with Crippen molar-refractivity contribution < 1.29 is 9.59 Å². The highest BCUT2D eigenvalue weighted by atomic mass is 16.1. The molecular formula is C17H34N2O2. The number of rotatable bonds is 15. The molecule has 0 aliphatic rings. The zero-order valence-electron chi connectivity index (χ0n) is 13.7. The zero-order valence-corrected chi connectivity index (χ0v) is 13.7. The molecule has 0 fully saturated rings. The van der Waals surface area contributed by atoms with Gasteiger partial charge in [-0.2, -0.15) is 0 Å². The minimum absolute atomic E-state index is 0.0274. The smallest absolute Gasteiger partial charge is 0.220 e. The number of amides is 2. The highest BCUT2D eigenvalue weighted by molar-refractivity contribution is 5.76. The minimum atomic E-state index is -0.180. The van der Waals surface area contributed by atoms with Crippen LogP contribution in [0.5, 0.6) is 0 Å². The number of carbonyl (C=O) groups is 2. The lowest BCUT2D eigenvalue weighted by molar-refractivity contribution is -0.121. The second-order valence-corrected chi connectivity index (χ2v) is 6.20. The van der Waals surface area contributed by atoms with Gasteiger partial charge in [-0.15, -0.1) is 0 Å². The lowest BCUT2D eigenvalue weighted by Crippen LogP contribution is -2.20. The summed E-state index contributed by atoms with van der Waals surface area (Å²) in [6, 6.07) is 0. The van der Waals surface area contributed by atoms with Gasteiger partial charge in [0.25, 0.3) is 0 Å². The van der Waals surface area contributed by atoms with Crippen molar-refractivity contribution in [3.05, 3.63) is 0 Å². The average molecular weight is 298 g/mol. The van der Waals surface area contributed by atoms with Crippen LogP contribution in [0.2, 0.25) is 0 Å². The molecule has 0 spiro atoms. The standard InChI is InChI=1S/C17H34N2O2/c1-15(17(19)21)13-11-9-7-5-3-2-4-6-8-10-12-14-16(18)20/h15H,2-14H2,1H3,(H2,18,20)(H2,19,21). The van der Waals surface area contributed by atoms with E-state index in [2.05, 4.69) is 0 Å². The maximum absolute atomic E-state index is 10.9. The fourth-order valence-electron chi connectivity index (χ4n) is 2.48. The summed E-state index contributed by atoms with van der Waals surface area (Å²) in [5.41, 5.74) is 10.3. The van der Waals surface area contributed by atoms with Crippen LogP contribution in [-0.4, -0.2) is 11.8 Å². The van der Waals surface area contributed by atoms with Crippen LogP contribution in [0, 0.1) is 5.92 Å². The summed E-state index contributed by atoms with van der Waals surface area (Å²) < 4.78 is 0. The van der Waals surface area contributed by atoms with Crippen LogP contribution >= 0.6 is 0 Å². The van der Waals surface area contributed by atoms with E-state index in [9.17, 15) is 9.59 Å². The summed E-state index contributed by atoms with van der Waals surface area (Å²) in [5.74, 6) is -0.328. The molecule has 1 atom stereocenters. The highest BCUT2D eigenvalue weighted by Gasteiger charge is 2.06. The van der Waals surface area contributed by atoms with Crippen LogP contribution in [0.1, 0.15) is 90.4 Å². The Morgan fingerprint density at radius 1 is 0.714 bits per heavy atom. The molecule has 4 N–H and O–H groups in total. The molecule has 0 heterocycles. The molecule has 2 amide bonds. The second kappa shape index (κ2) is 13.9. The molecule has 0 rings (SSSR count). The van der Waals surface area contributed by atoms with Crippen LogP contribution in [0.15, 0.2) is 0 Å². The molecular weight excluding hydrogens is 264 g/mol. The van der Waals surface area contributed by atoms with Crippen molar-refractivity contribution in [2.75, 3.05) is 0 Å². The third-order valence-corrected chi connectivity index (χ3v) is 4.05. The first kappa shape index (κ1) is 19.9. The van der Waals surface area contributed by atoms with Gasteiger partial charge in [0.2, 0.25) is 11.8 Å². The van der Waals surface area contributed by atoms with Gasteiger partial charge in [-0.3, -0.25) is 9.59 Å². The lowest BCUT2D eigenvalue weighted by Gasteiger charge is -2.06. The molecule has 0 aromatic carbocycles. The molecule has 4 nitrogen and oxygen atoms in total. The summed E-state index contributed by atoms with van der Waals surface area (Å²) in [6.45, 7) is 1.91. The summed E-state index contributed by atoms with van der Waals surface area (Å²) in [5, 5.41) is 0. The van der Waals surface area contributed by atoms with E-state index in [4.69, 9.17) is 11.5 Å². The molecule has 21 heavy (non-hydrogen) atoms. The summed E-state index contributed by atoms with van der Waals surface area (Å²) >= 11 is 0. The van der Waals surface area contributed by atoms with Crippen molar-refractivity contribution in [2.45, 2.75) is 90.4 Å². The van der Waals surface area contributed by atoms with E-state index in [0.717, 1.165) is 25.7 Å². The van der Waals surface area contributed by atoms with Crippen molar-refractivity contribution in [1.29, 1.82) is 0 Å². The summed E-state index contributed by atoms with van der Waals surface area (Å²) in [7, 11) is 0. The third-order valence-electron chi connectivity index (χ3n) is 4.05. The predicted octanol–water partition coefficient (Wildman–Crippen LogP) is 3.66. The Labute approximate surface area is 130 Å². The number of unbranched alkanes of at least 4 members (excludes halogenated alkanes) is 10. The quantitative estimate of drug-likeness (QED) is 0.452. The molecule has 0 saturated carbocycles. The van der Waals surface area contributed by atoms with Crippen LogP contribution in [0.4, 0.5) is 0 Å². The number of nitrogens with two attached hydrogens (primary N) is 2. The molecule has 124 valence electrons. The summed E-state index contributed by atoms with van der Waals surface area (Å²) in [6.07, 6.45) is 14.9. The predicted molar refractivity (Wildman–Crippen MR) is 87.6 cm³/mol. The monoisotopic (exact) mass is 298 g/mol.